The molecule has 28 heavy (non-hydrogen) atoms. The Bertz CT molecular complexity index is 640. The van der Waals surface area contributed by atoms with Crippen molar-refractivity contribution in [3.63, 3.8) is 0 Å². The second-order valence-corrected chi connectivity index (χ2v) is 7.34. The Morgan fingerprint density at radius 2 is 1.71 bits per heavy atom. The van der Waals surface area contributed by atoms with E-state index in [0.717, 1.165) is 13.1 Å². The maximum absolute atomic E-state index is 9.77. The first-order valence-corrected chi connectivity index (χ1v) is 9.39. The zero-order chi connectivity index (χ0) is 21.4. The number of hydrogen-bond acceptors (Lipinski definition) is 6. The fourth-order valence-electron chi connectivity index (χ4n) is 3.11. The highest BCUT2D eigenvalue weighted by atomic mass is 16.4. The normalized spacial score (nSPS) is 18.5. The van der Waals surface area contributed by atoms with Gasteiger partial charge in [0, 0.05) is 25.2 Å². The van der Waals surface area contributed by atoms with Gasteiger partial charge >= 0.3 is 11.9 Å². The second kappa shape index (κ2) is 11.1. The summed E-state index contributed by atoms with van der Waals surface area (Å²) in [5, 5.41) is 36.0. The minimum Gasteiger partial charge on any atom is -0.479 e. The number of aliphatic hydroxyl groups excluding tert-OH is 2. The van der Waals surface area contributed by atoms with Gasteiger partial charge in [-0.2, -0.15) is 0 Å². The van der Waals surface area contributed by atoms with Crippen molar-refractivity contribution in [3.05, 3.63) is 34.9 Å². The number of benzene rings is 1. The van der Waals surface area contributed by atoms with Gasteiger partial charge in [0.05, 0.1) is 0 Å². The van der Waals surface area contributed by atoms with Crippen molar-refractivity contribution >= 4 is 11.9 Å². The van der Waals surface area contributed by atoms with E-state index in [1.807, 2.05) is 0 Å². The van der Waals surface area contributed by atoms with Crippen LogP contribution in [0.5, 0.6) is 0 Å². The Morgan fingerprint density at radius 1 is 1.14 bits per heavy atom. The predicted octanol–water partition coefficient (Wildman–Crippen LogP) is 0.753. The molecule has 2 rings (SSSR count). The third-order valence-electron chi connectivity index (χ3n) is 5.04. The topological polar surface area (TPSA) is 130 Å². The Kier molecular flexibility index (Phi) is 9.54. The molecule has 2 unspecified atom stereocenters. The monoisotopic (exact) mass is 396 g/mol. The van der Waals surface area contributed by atoms with Crippen LogP contribution < -0.4 is 5.32 Å². The fourth-order valence-corrected chi connectivity index (χ4v) is 3.11. The van der Waals surface area contributed by atoms with Gasteiger partial charge in [0.1, 0.15) is 0 Å². The number of carbonyl (C=O) groups is 2. The maximum Gasteiger partial charge on any atom is 0.335 e. The van der Waals surface area contributed by atoms with E-state index in [0.29, 0.717) is 12.1 Å². The standard InChI is InChI=1S/C16H26N2.C4H6O6/c1-12(2)18(16-8-9-17-10-16)11-15-7-5-6-13(3)14(15)4;5-1(3(7)8)2(6)4(9)10/h5-7,12,16-17H,8-11H2,1-4H3;1-2,5-6H,(H,7,8)(H,9,10)/t16-;/m0./s1. The molecule has 1 heterocycles. The number of hydrogen-bond donors (Lipinski definition) is 5. The van der Waals surface area contributed by atoms with Crippen molar-refractivity contribution in [1.29, 1.82) is 0 Å². The van der Waals surface area contributed by atoms with Crippen LogP contribution >= 0.6 is 0 Å². The molecule has 1 aliphatic rings. The molecule has 0 spiro atoms. The van der Waals surface area contributed by atoms with Crippen molar-refractivity contribution < 1.29 is 30.0 Å². The van der Waals surface area contributed by atoms with Crippen LogP contribution in [-0.4, -0.2) is 74.6 Å². The Labute approximate surface area is 165 Å². The molecule has 0 aromatic heterocycles. The van der Waals surface area contributed by atoms with Gasteiger partial charge in [-0.15, -0.1) is 0 Å². The molecule has 3 atom stereocenters. The number of aliphatic hydroxyl groups is 2. The van der Waals surface area contributed by atoms with E-state index in [2.05, 4.69) is 56.1 Å². The minimum absolute atomic E-state index is 0.606. The van der Waals surface area contributed by atoms with Crippen molar-refractivity contribution in [2.45, 2.75) is 65.0 Å². The third-order valence-corrected chi connectivity index (χ3v) is 5.04. The zero-order valence-corrected chi connectivity index (χ0v) is 16.9. The highest BCUT2D eigenvalue weighted by Gasteiger charge is 2.29. The summed E-state index contributed by atoms with van der Waals surface area (Å²) in [7, 11) is 0. The molecule has 1 aliphatic heterocycles. The molecule has 1 saturated heterocycles. The Balaban J connectivity index is 0.000000336. The van der Waals surface area contributed by atoms with Crippen LogP contribution in [0, 0.1) is 13.8 Å². The van der Waals surface area contributed by atoms with Crippen molar-refractivity contribution in [2.75, 3.05) is 13.1 Å². The quantitative estimate of drug-likeness (QED) is 0.456. The molecule has 158 valence electrons. The fraction of sp³-hybridized carbons (Fsp3) is 0.600. The lowest BCUT2D eigenvalue weighted by molar-refractivity contribution is -0.165. The molecule has 0 saturated carbocycles. The van der Waals surface area contributed by atoms with E-state index in [1.54, 1.807) is 0 Å². The maximum atomic E-state index is 9.77. The minimum atomic E-state index is -2.27. The van der Waals surface area contributed by atoms with Crippen LogP contribution in [0.25, 0.3) is 0 Å². The summed E-state index contributed by atoms with van der Waals surface area (Å²) in [5.74, 6) is -3.54. The lowest BCUT2D eigenvalue weighted by Gasteiger charge is -2.32. The molecule has 0 radical (unpaired) electrons. The molecule has 0 bridgehead atoms. The zero-order valence-electron chi connectivity index (χ0n) is 16.9. The first kappa shape index (κ1) is 24.0. The highest BCUT2D eigenvalue weighted by molar-refractivity contribution is 5.83. The van der Waals surface area contributed by atoms with Gasteiger partial charge in [0.25, 0.3) is 0 Å². The SMILES string of the molecule is Cc1cccc(CN(C(C)C)[C@H]2CCNC2)c1C.O=C(O)C(O)C(O)C(=O)O. The van der Waals surface area contributed by atoms with E-state index in [1.165, 1.54) is 29.7 Å². The van der Waals surface area contributed by atoms with Crippen LogP contribution in [0.3, 0.4) is 0 Å². The van der Waals surface area contributed by atoms with E-state index in [9.17, 15) is 9.59 Å². The molecule has 1 aromatic rings. The lowest BCUT2D eigenvalue weighted by Crippen LogP contribution is -2.41. The van der Waals surface area contributed by atoms with Crippen molar-refractivity contribution in [3.8, 4) is 0 Å². The number of carboxylic acids is 2. The first-order valence-electron chi connectivity index (χ1n) is 9.39. The third kappa shape index (κ3) is 6.87. The van der Waals surface area contributed by atoms with Crippen LogP contribution in [0.1, 0.15) is 37.0 Å². The second-order valence-electron chi connectivity index (χ2n) is 7.34. The van der Waals surface area contributed by atoms with Crippen LogP contribution in [0.2, 0.25) is 0 Å². The van der Waals surface area contributed by atoms with E-state index < -0.39 is 24.1 Å². The summed E-state index contributed by atoms with van der Waals surface area (Å²) in [6.45, 7) is 12.5. The first-order chi connectivity index (χ1) is 13.1. The Morgan fingerprint density at radius 3 is 2.14 bits per heavy atom. The van der Waals surface area contributed by atoms with E-state index >= 15 is 0 Å². The molecule has 1 fully saturated rings. The van der Waals surface area contributed by atoms with Crippen LogP contribution in [-0.2, 0) is 16.1 Å². The van der Waals surface area contributed by atoms with Crippen molar-refractivity contribution in [1.82, 2.24) is 10.2 Å². The average molecular weight is 396 g/mol. The molecule has 0 amide bonds. The average Bonchev–Trinajstić information content (AvgIpc) is 3.15. The van der Waals surface area contributed by atoms with Gasteiger partial charge in [0.15, 0.2) is 12.2 Å². The number of carboxylic acid groups (broad SMARTS) is 2. The van der Waals surface area contributed by atoms with Gasteiger partial charge < -0.3 is 25.7 Å². The summed E-state index contributed by atoms with van der Waals surface area (Å²) in [4.78, 5) is 22.2. The summed E-state index contributed by atoms with van der Waals surface area (Å²) in [6.07, 6.45) is -3.25. The van der Waals surface area contributed by atoms with Gasteiger partial charge in [-0.05, 0) is 57.4 Å². The van der Waals surface area contributed by atoms with Crippen molar-refractivity contribution in [2.24, 2.45) is 0 Å². The molecule has 8 nitrogen and oxygen atoms in total. The Hall–Kier alpha value is -2.00. The number of nitrogens with one attached hydrogen (secondary N) is 1. The van der Waals surface area contributed by atoms with Crippen LogP contribution in [0.4, 0.5) is 0 Å². The number of aliphatic carboxylic acids is 2. The number of nitrogens with zero attached hydrogens (tertiary/aromatic N) is 1. The molecule has 1 aromatic carbocycles. The smallest absolute Gasteiger partial charge is 0.335 e. The molecule has 5 N–H and O–H groups in total. The van der Waals surface area contributed by atoms with Gasteiger partial charge in [-0.3, -0.25) is 4.90 Å². The number of aryl methyl sites for hydroxylation is 1. The highest BCUT2D eigenvalue weighted by Crippen LogP contribution is 2.20. The molecule has 8 heteroatoms. The summed E-state index contributed by atoms with van der Waals surface area (Å²) in [6, 6.07) is 7.97. The van der Waals surface area contributed by atoms with Gasteiger partial charge in [0.2, 0.25) is 0 Å². The van der Waals surface area contributed by atoms with Gasteiger partial charge in [-0.25, -0.2) is 9.59 Å². The lowest BCUT2D eigenvalue weighted by atomic mass is 10.0. The summed E-state index contributed by atoms with van der Waals surface area (Å²) >= 11 is 0. The largest absolute Gasteiger partial charge is 0.479 e. The van der Waals surface area contributed by atoms with Gasteiger partial charge in [-0.1, -0.05) is 18.2 Å². The summed E-state index contributed by atoms with van der Waals surface area (Å²) < 4.78 is 0. The molecular weight excluding hydrogens is 364 g/mol. The predicted molar refractivity (Wildman–Crippen MR) is 105 cm³/mol. The van der Waals surface area contributed by atoms with Crippen LogP contribution in [0.15, 0.2) is 18.2 Å². The number of rotatable bonds is 7. The van der Waals surface area contributed by atoms with E-state index in [-0.39, 0.29) is 0 Å². The summed E-state index contributed by atoms with van der Waals surface area (Å²) in [5.41, 5.74) is 4.34. The van der Waals surface area contributed by atoms with E-state index in [4.69, 9.17) is 20.4 Å². The molecular formula is C20H32N2O6. The molecule has 0 aliphatic carbocycles.